The molecule has 178 valence electrons. The number of carbonyl (C=O) groups is 2. The molecule has 1 fully saturated rings. The van der Waals surface area contributed by atoms with E-state index in [-0.39, 0.29) is 11.6 Å². The summed E-state index contributed by atoms with van der Waals surface area (Å²) >= 11 is 3.40. The number of likely N-dealkylation sites (tertiary alicyclic amines) is 1. The Morgan fingerprint density at radius 3 is 2.71 bits per heavy atom. The molecule has 2 aromatic carbocycles. The van der Waals surface area contributed by atoms with Crippen LogP contribution in [0, 0.1) is 0 Å². The van der Waals surface area contributed by atoms with Gasteiger partial charge in [-0.25, -0.2) is 4.79 Å². The van der Waals surface area contributed by atoms with Crippen LogP contribution in [0.1, 0.15) is 31.2 Å². The number of halogens is 1. The average molecular weight is 524 g/mol. The number of amides is 3. The largest absolute Gasteiger partial charge is 0.361 e. The van der Waals surface area contributed by atoms with E-state index in [4.69, 9.17) is 0 Å². The summed E-state index contributed by atoms with van der Waals surface area (Å²) in [6.07, 6.45) is 8.22. The molecule has 7 nitrogen and oxygen atoms in total. The minimum Gasteiger partial charge on any atom is -0.361 e. The number of rotatable bonds is 8. The Kier molecular flexibility index (Phi) is 8.38. The second-order valence-corrected chi connectivity index (χ2v) is 9.36. The van der Waals surface area contributed by atoms with Crippen molar-refractivity contribution in [1.82, 2.24) is 20.5 Å². The van der Waals surface area contributed by atoms with Gasteiger partial charge in [0, 0.05) is 39.4 Å². The SMILES string of the molecule is O=C(NC(=Cc1c[nH]c2ccccc12)C(=O)NCCCN1CCCCC1)Nc1cccc(Br)c1. The van der Waals surface area contributed by atoms with Gasteiger partial charge < -0.3 is 25.8 Å². The summed E-state index contributed by atoms with van der Waals surface area (Å²) in [5, 5.41) is 9.46. The maximum atomic E-state index is 13.0. The van der Waals surface area contributed by atoms with E-state index in [2.05, 4.69) is 41.8 Å². The smallest absolute Gasteiger partial charge is 0.323 e. The third-order valence-electron chi connectivity index (χ3n) is 5.88. The van der Waals surface area contributed by atoms with Gasteiger partial charge in [-0.3, -0.25) is 4.79 Å². The molecule has 8 heteroatoms. The second-order valence-electron chi connectivity index (χ2n) is 8.45. The number of anilines is 1. The number of nitrogens with zero attached hydrogens (tertiary/aromatic N) is 1. The highest BCUT2D eigenvalue weighted by Crippen LogP contribution is 2.20. The summed E-state index contributed by atoms with van der Waals surface area (Å²) in [7, 11) is 0. The van der Waals surface area contributed by atoms with Gasteiger partial charge in [0.1, 0.15) is 5.70 Å². The third-order valence-corrected chi connectivity index (χ3v) is 6.38. The fraction of sp³-hybridized carbons (Fsp3) is 0.308. The number of nitrogens with one attached hydrogen (secondary N) is 4. The van der Waals surface area contributed by atoms with Gasteiger partial charge >= 0.3 is 6.03 Å². The number of aromatic nitrogens is 1. The number of benzene rings is 2. The Hall–Kier alpha value is -3.10. The Morgan fingerprint density at radius 1 is 1.06 bits per heavy atom. The van der Waals surface area contributed by atoms with Crippen LogP contribution in [0.2, 0.25) is 0 Å². The third kappa shape index (κ3) is 6.71. The van der Waals surface area contributed by atoms with Crippen molar-refractivity contribution in [3.05, 3.63) is 70.5 Å². The molecule has 2 heterocycles. The van der Waals surface area contributed by atoms with Crippen LogP contribution >= 0.6 is 15.9 Å². The van der Waals surface area contributed by atoms with Crippen molar-refractivity contribution in [2.75, 3.05) is 31.5 Å². The maximum absolute atomic E-state index is 13.0. The molecular weight excluding hydrogens is 494 g/mol. The number of H-pyrrole nitrogens is 1. The van der Waals surface area contributed by atoms with Crippen LogP contribution in [0.5, 0.6) is 0 Å². The Labute approximate surface area is 208 Å². The fourth-order valence-electron chi connectivity index (χ4n) is 4.16. The van der Waals surface area contributed by atoms with Crippen molar-refractivity contribution in [1.29, 1.82) is 0 Å². The summed E-state index contributed by atoms with van der Waals surface area (Å²) in [6, 6.07) is 14.7. The summed E-state index contributed by atoms with van der Waals surface area (Å²) < 4.78 is 0.853. The van der Waals surface area contributed by atoms with Crippen molar-refractivity contribution >= 4 is 50.5 Å². The molecule has 0 atom stereocenters. The first-order valence-corrected chi connectivity index (χ1v) is 12.5. The van der Waals surface area contributed by atoms with Gasteiger partial charge in [-0.05, 0) is 69.2 Å². The molecular formula is C26H30BrN5O2. The predicted octanol–water partition coefficient (Wildman–Crippen LogP) is 5.09. The van der Waals surface area contributed by atoms with Crippen LogP contribution in [-0.2, 0) is 4.79 Å². The number of piperidine rings is 1. The minimum absolute atomic E-state index is 0.190. The number of para-hydroxylation sites is 1. The Balaban J connectivity index is 1.44. The van der Waals surface area contributed by atoms with E-state index in [9.17, 15) is 9.59 Å². The molecule has 1 saturated heterocycles. The van der Waals surface area contributed by atoms with E-state index < -0.39 is 6.03 Å². The molecule has 0 aliphatic carbocycles. The van der Waals surface area contributed by atoms with Crippen molar-refractivity contribution in [3.8, 4) is 0 Å². The van der Waals surface area contributed by atoms with Gasteiger partial charge in [0.05, 0.1) is 0 Å². The second kappa shape index (κ2) is 11.9. The fourth-order valence-corrected chi connectivity index (χ4v) is 4.56. The van der Waals surface area contributed by atoms with Gasteiger partial charge in [-0.15, -0.1) is 0 Å². The maximum Gasteiger partial charge on any atom is 0.323 e. The lowest BCUT2D eigenvalue weighted by Gasteiger charge is -2.26. The van der Waals surface area contributed by atoms with E-state index in [1.165, 1.54) is 19.3 Å². The van der Waals surface area contributed by atoms with Gasteiger partial charge in [-0.2, -0.15) is 0 Å². The molecule has 0 bridgehead atoms. The average Bonchev–Trinajstić information content (AvgIpc) is 3.25. The summed E-state index contributed by atoms with van der Waals surface area (Å²) in [5.74, 6) is -0.312. The highest BCUT2D eigenvalue weighted by atomic mass is 79.9. The van der Waals surface area contributed by atoms with Gasteiger partial charge in [0.15, 0.2) is 0 Å². The van der Waals surface area contributed by atoms with Crippen molar-refractivity contribution in [3.63, 3.8) is 0 Å². The topological polar surface area (TPSA) is 89.3 Å². The van der Waals surface area contributed by atoms with Gasteiger partial charge in [0.2, 0.25) is 0 Å². The highest BCUT2D eigenvalue weighted by molar-refractivity contribution is 9.10. The molecule has 0 spiro atoms. The summed E-state index contributed by atoms with van der Waals surface area (Å²) in [6.45, 7) is 3.79. The first-order valence-electron chi connectivity index (χ1n) is 11.7. The molecule has 1 aromatic heterocycles. The number of urea groups is 1. The van der Waals surface area contributed by atoms with Crippen LogP contribution in [0.3, 0.4) is 0 Å². The van der Waals surface area contributed by atoms with Crippen LogP contribution in [-0.4, -0.2) is 48.0 Å². The van der Waals surface area contributed by atoms with E-state index in [0.717, 1.165) is 47.0 Å². The molecule has 4 rings (SSSR count). The number of hydrogen-bond donors (Lipinski definition) is 4. The van der Waals surface area contributed by atoms with Crippen LogP contribution < -0.4 is 16.0 Å². The first kappa shape index (κ1) is 24.0. The zero-order valence-electron chi connectivity index (χ0n) is 19.1. The number of aromatic amines is 1. The zero-order chi connectivity index (χ0) is 23.8. The van der Waals surface area contributed by atoms with Gasteiger partial charge in [0.25, 0.3) is 5.91 Å². The minimum atomic E-state index is -0.479. The number of carbonyl (C=O) groups excluding carboxylic acids is 2. The van der Waals surface area contributed by atoms with E-state index in [1.54, 1.807) is 18.2 Å². The molecule has 1 aliphatic heterocycles. The molecule has 4 N–H and O–H groups in total. The predicted molar refractivity (Wildman–Crippen MR) is 140 cm³/mol. The molecule has 0 radical (unpaired) electrons. The quantitative estimate of drug-likeness (QED) is 0.245. The molecule has 3 aromatic rings. The zero-order valence-corrected chi connectivity index (χ0v) is 20.7. The number of hydrogen-bond acceptors (Lipinski definition) is 3. The van der Waals surface area contributed by atoms with Crippen molar-refractivity contribution in [2.45, 2.75) is 25.7 Å². The summed E-state index contributed by atoms with van der Waals surface area (Å²) in [4.78, 5) is 31.4. The molecule has 0 unspecified atom stereocenters. The Morgan fingerprint density at radius 2 is 1.88 bits per heavy atom. The molecule has 0 saturated carbocycles. The van der Waals surface area contributed by atoms with E-state index >= 15 is 0 Å². The monoisotopic (exact) mass is 523 g/mol. The Bertz CT molecular complexity index is 1170. The van der Waals surface area contributed by atoms with Gasteiger partial charge in [-0.1, -0.05) is 46.6 Å². The van der Waals surface area contributed by atoms with E-state index in [0.29, 0.717) is 12.2 Å². The summed E-state index contributed by atoms with van der Waals surface area (Å²) in [5.41, 5.74) is 2.61. The van der Waals surface area contributed by atoms with Crippen LogP contribution in [0.4, 0.5) is 10.5 Å². The molecule has 3 amide bonds. The van der Waals surface area contributed by atoms with E-state index in [1.807, 2.05) is 42.6 Å². The normalized spacial score (nSPS) is 14.7. The lowest BCUT2D eigenvalue weighted by Crippen LogP contribution is -2.38. The highest BCUT2D eigenvalue weighted by Gasteiger charge is 2.15. The van der Waals surface area contributed by atoms with Crippen molar-refractivity contribution in [2.24, 2.45) is 0 Å². The number of fused-ring (bicyclic) bond motifs is 1. The molecule has 34 heavy (non-hydrogen) atoms. The first-order chi connectivity index (χ1) is 16.6. The lowest BCUT2D eigenvalue weighted by molar-refractivity contribution is -0.117. The lowest BCUT2D eigenvalue weighted by atomic mass is 10.1. The standard InChI is InChI=1S/C26H30BrN5O2/c27-20-8-6-9-21(17-20)30-26(34)31-24(16-19-18-29-23-11-3-2-10-22(19)23)25(33)28-12-7-15-32-13-4-1-5-14-32/h2-3,6,8-11,16-18,29H,1,4-5,7,12-15H2,(H,28,33)(H2,30,31,34). The van der Waals surface area contributed by atoms with Crippen LogP contribution in [0.15, 0.2) is 64.9 Å². The van der Waals surface area contributed by atoms with Crippen molar-refractivity contribution < 1.29 is 9.59 Å². The van der Waals surface area contributed by atoms with Crippen LogP contribution in [0.25, 0.3) is 17.0 Å². The molecule has 1 aliphatic rings.